The predicted molar refractivity (Wildman–Crippen MR) is 80.8 cm³/mol. The van der Waals surface area contributed by atoms with E-state index in [9.17, 15) is 13.2 Å². The predicted octanol–water partition coefficient (Wildman–Crippen LogP) is 1.77. The van der Waals surface area contributed by atoms with Crippen molar-refractivity contribution in [2.24, 2.45) is 0 Å². The topological polar surface area (TPSA) is 66.5 Å². The van der Waals surface area contributed by atoms with Crippen LogP contribution in [0.25, 0.3) is 0 Å². The molecule has 1 N–H and O–H groups in total. The average molecular weight is 308 g/mol. The molecule has 0 aromatic heterocycles. The number of benzene rings is 1. The second-order valence-corrected chi connectivity index (χ2v) is 7.96. The fourth-order valence-electron chi connectivity index (χ4n) is 2.78. The fourth-order valence-corrected chi connectivity index (χ4v) is 4.11. The first-order chi connectivity index (χ1) is 9.77. The lowest BCUT2D eigenvalue weighted by Crippen LogP contribution is -2.35. The molecule has 1 amide bonds. The third-order valence-electron chi connectivity index (χ3n) is 4.24. The maximum absolute atomic E-state index is 12.4. The van der Waals surface area contributed by atoms with E-state index in [0.29, 0.717) is 6.54 Å². The van der Waals surface area contributed by atoms with E-state index in [-0.39, 0.29) is 16.8 Å². The first-order valence-corrected chi connectivity index (χ1v) is 8.74. The molecule has 1 heterocycles. The van der Waals surface area contributed by atoms with Crippen LogP contribution in [-0.2, 0) is 20.2 Å². The van der Waals surface area contributed by atoms with Gasteiger partial charge in [-0.25, -0.2) is 13.1 Å². The minimum absolute atomic E-state index is 0.0182. The summed E-state index contributed by atoms with van der Waals surface area (Å²) in [6, 6.07) is 5.05. The van der Waals surface area contributed by atoms with Crippen molar-refractivity contribution in [3.05, 3.63) is 23.8 Å². The van der Waals surface area contributed by atoms with Crippen molar-refractivity contribution in [2.45, 2.75) is 50.0 Å². The van der Waals surface area contributed by atoms with E-state index in [1.165, 1.54) is 0 Å². The van der Waals surface area contributed by atoms with Crippen molar-refractivity contribution in [3.8, 4) is 0 Å². The zero-order chi connectivity index (χ0) is 15.4. The van der Waals surface area contributed by atoms with E-state index < -0.39 is 15.4 Å². The Hall–Kier alpha value is -1.40. The van der Waals surface area contributed by atoms with E-state index in [1.54, 1.807) is 23.1 Å². The summed E-state index contributed by atoms with van der Waals surface area (Å²) in [5.41, 5.74) is 0.919. The van der Waals surface area contributed by atoms with Gasteiger partial charge in [0.2, 0.25) is 15.9 Å². The number of amides is 1. The number of anilines is 1. The number of nitrogens with one attached hydrogen (secondary N) is 1. The van der Waals surface area contributed by atoms with Crippen LogP contribution in [-0.4, -0.2) is 26.9 Å². The van der Waals surface area contributed by atoms with Crippen molar-refractivity contribution in [1.29, 1.82) is 0 Å². The first kappa shape index (κ1) is 14.5. The monoisotopic (exact) mass is 308 g/mol. The molecule has 1 aliphatic heterocycles. The molecule has 21 heavy (non-hydrogen) atoms. The molecule has 0 spiro atoms. The Kier molecular flexibility index (Phi) is 3.15. The minimum Gasteiger partial charge on any atom is -0.312 e. The van der Waals surface area contributed by atoms with Gasteiger partial charge in [0, 0.05) is 18.3 Å². The van der Waals surface area contributed by atoms with Crippen molar-refractivity contribution in [3.63, 3.8) is 0 Å². The Morgan fingerprint density at radius 2 is 2.00 bits per heavy atom. The van der Waals surface area contributed by atoms with Crippen LogP contribution in [0.3, 0.4) is 0 Å². The summed E-state index contributed by atoms with van der Waals surface area (Å²) in [7, 11) is -3.49. The van der Waals surface area contributed by atoms with Crippen molar-refractivity contribution >= 4 is 21.6 Å². The Balaban J connectivity index is 2.06. The molecule has 5 nitrogen and oxygen atoms in total. The average Bonchev–Trinajstić information content (AvgIpc) is 3.19. The Morgan fingerprint density at radius 1 is 1.33 bits per heavy atom. The normalized spacial score (nSPS) is 20.7. The number of carbonyl (C=O) groups is 1. The van der Waals surface area contributed by atoms with Gasteiger partial charge in [-0.05, 0) is 57.4 Å². The third kappa shape index (κ3) is 2.26. The van der Waals surface area contributed by atoms with Gasteiger partial charge in [0.1, 0.15) is 0 Å². The zero-order valence-corrected chi connectivity index (χ0v) is 13.3. The highest BCUT2D eigenvalue weighted by Gasteiger charge is 2.43. The second-order valence-electron chi connectivity index (χ2n) is 6.25. The number of sulfonamides is 1. The quantitative estimate of drug-likeness (QED) is 0.922. The second kappa shape index (κ2) is 4.55. The van der Waals surface area contributed by atoms with Gasteiger partial charge in [-0.3, -0.25) is 4.79 Å². The number of rotatable bonds is 4. The summed E-state index contributed by atoms with van der Waals surface area (Å²) < 4.78 is 27.3. The van der Waals surface area contributed by atoms with Gasteiger partial charge in [-0.1, -0.05) is 0 Å². The molecule has 0 saturated heterocycles. The molecule has 1 saturated carbocycles. The van der Waals surface area contributed by atoms with Gasteiger partial charge in [-0.15, -0.1) is 0 Å². The molecule has 1 aliphatic carbocycles. The van der Waals surface area contributed by atoms with Crippen LogP contribution in [0.15, 0.2) is 23.1 Å². The summed E-state index contributed by atoms with van der Waals surface area (Å²) in [5, 5.41) is 0. The van der Waals surface area contributed by atoms with Crippen LogP contribution in [0.4, 0.5) is 5.69 Å². The summed E-state index contributed by atoms with van der Waals surface area (Å²) in [6.07, 6.45) is 1.80. The van der Waals surface area contributed by atoms with Crippen molar-refractivity contribution < 1.29 is 13.2 Å². The highest BCUT2D eigenvalue weighted by molar-refractivity contribution is 7.89. The highest BCUT2D eigenvalue weighted by atomic mass is 32.2. The lowest BCUT2D eigenvalue weighted by Gasteiger charge is -2.18. The number of carbonyl (C=O) groups excluding carboxylic acids is 1. The molecule has 3 rings (SSSR count). The van der Waals surface area contributed by atoms with Crippen LogP contribution in [0.5, 0.6) is 0 Å². The molecule has 114 valence electrons. The number of likely N-dealkylation sites (N-methyl/N-ethyl adjacent to an activating group) is 1. The van der Waals surface area contributed by atoms with Crippen LogP contribution < -0.4 is 9.62 Å². The van der Waals surface area contributed by atoms with Crippen LogP contribution in [0, 0.1) is 0 Å². The van der Waals surface area contributed by atoms with Crippen molar-refractivity contribution in [2.75, 3.05) is 11.4 Å². The van der Waals surface area contributed by atoms with Crippen LogP contribution in [0.1, 0.15) is 39.2 Å². The molecule has 0 atom stereocenters. The number of hydrogen-bond donors (Lipinski definition) is 1. The fraction of sp³-hybridized carbons (Fsp3) is 0.533. The van der Waals surface area contributed by atoms with E-state index >= 15 is 0 Å². The molecular weight excluding hydrogens is 288 g/mol. The molecular formula is C15H20N2O3S. The summed E-state index contributed by atoms with van der Waals surface area (Å²) in [4.78, 5) is 14.4. The molecule has 2 aliphatic rings. The van der Waals surface area contributed by atoms with Gasteiger partial charge in [0.25, 0.3) is 0 Å². The molecule has 6 heteroatoms. The standard InChI is InChI=1S/C15H20N2O3S/c1-4-17-13-8-7-11(21(19,20)16-10-5-6-10)9-12(13)15(2,3)14(17)18/h7-10,16H,4-6H2,1-3H3. The molecule has 1 fully saturated rings. The lowest BCUT2D eigenvalue weighted by molar-refractivity contribution is -0.122. The number of hydrogen-bond acceptors (Lipinski definition) is 3. The van der Waals surface area contributed by atoms with Gasteiger partial charge in [-0.2, -0.15) is 0 Å². The maximum atomic E-state index is 12.4. The first-order valence-electron chi connectivity index (χ1n) is 7.26. The lowest BCUT2D eigenvalue weighted by atomic mass is 9.86. The number of nitrogens with zero attached hydrogens (tertiary/aromatic N) is 1. The molecule has 0 radical (unpaired) electrons. The van der Waals surface area contributed by atoms with Gasteiger partial charge < -0.3 is 4.90 Å². The Morgan fingerprint density at radius 3 is 2.57 bits per heavy atom. The SMILES string of the molecule is CCN1C(=O)C(C)(C)c2cc(S(=O)(=O)NC3CC3)ccc21. The van der Waals surface area contributed by atoms with E-state index in [1.807, 2.05) is 20.8 Å². The van der Waals surface area contributed by atoms with Gasteiger partial charge >= 0.3 is 0 Å². The molecule has 1 aromatic carbocycles. The van der Waals surface area contributed by atoms with Gasteiger partial charge in [0.05, 0.1) is 10.3 Å². The number of fused-ring (bicyclic) bond motifs is 1. The summed E-state index contributed by atoms with van der Waals surface area (Å²) in [5.74, 6) is 0.0182. The van der Waals surface area contributed by atoms with Crippen LogP contribution in [0.2, 0.25) is 0 Å². The molecule has 1 aromatic rings. The zero-order valence-electron chi connectivity index (χ0n) is 12.5. The maximum Gasteiger partial charge on any atom is 0.240 e. The highest BCUT2D eigenvalue weighted by Crippen LogP contribution is 2.42. The minimum atomic E-state index is -3.49. The van der Waals surface area contributed by atoms with Crippen LogP contribution >= 0.6 is 0 Å². The molecule has 0 unspecified atom stereocenters. The summed E-state index contributed by atoms with van der Waals surface area (Å²) >= 11 is 0. The third-order valence-corrected chi connectivity index (χ3v) is 5.76. The van der Waals surface area contributed by atoms with Gasteiger partial charge in [0.15, 0.2) is 0 Å². The largest absolute Gasteiger partial charge is 0.312 e. The Bertz CT molecular complexity index is 706. The smallest absolute Gasteiger partial charge is 0.240 e. The summed E-state index contributed by atoms with van der Waals surface area (Å²) in [6.45, 7) is 6.19. The van der Waals surface area contributed by atoms with Crippen molar-refractivity contribution in [1.82, 2.24) is 4.72 Å². The van der Waals surface area contributed by atoms with E-state index in [4.69, 9.17) is 0 Å². The van der Waals surface area contributed by atoms with E-state index in [2.05, 4.69) is 4.72 Å². The Labute approximate surface area is 125 Å². The van der Waals surface area contributed by atoms with E-state index in [0.717, 1.165) is 24.1 Å². The molecule has 0 bridgehead atoms.